The molecule has 3 heterocycles. The molecule has 0 aliphatic carbocycles. The third-order valence-electron chi connectivity index (χ3n) is 5.58. The van der Waals surface area contributed by atoms with Crippen molar-refractivity contribution in [2.24, 2.45) is 5.92 Å². The highest BCUT2D eigenvalue weighted by molar-refractivity contribution is 5.77. The van der Waals surface area contributed by atoms with Gasteiger partial charge in [0.1, 0.15) is 0 Å². The van der Waals surface area contributed by atoms with Crippen molar-refractivity contribution in [1.29, 1.82) is 0 Å². The quantitative estimate of drug-likeness (QED) is 0.922. The molecular formula is C19H26N2O3. The fourth-order valence-electron chi connectivity index (χ4n) is 4.17. The Morgan fingerprint density at radius 3 is 2.88 bits per heavy atom. The molecule has 130 valence electrons. The summed E-state index contributed by atoms with van der Waals surface area (Å²) in [5.41, 5.74) is 1.17. The van der Waals surface area contributed by atoms with E-state index in [1.54, 1.807) is 0 Å². The van der Waals surface area contributed by atoms with E-state index in [2.05, 4.69) is 16.3 Å². The molecule has 1 N–H and O–H groups in total. The van der Waals surface area contributed by atoms with Crippen molar-refractivity contribution in [2.45, 2.75) is 44.6 Å². The summed E-state index contributed by atoms with van der Waals surface area (Å²) in [7, 11) is 0. The average molecular weight is 330 g/mol. The lowest BCUT2D eigenvalue weighted by Gasteiger charge is -2.27. The topological polar surface area (TPSA) is 50.8 Å². The minimum atomic E-state index is 0.194. The van der Waals surface area contributed by atoms with Gasteiger partial charge in [-0.1, -0.05) is 6.07 Å². The second kappa shape index (κ2) is 7.01. The van der Waals surface area contributed by atoms with E-state index in [1.807, 2.05) is 12.1 Å². The van der Waals surface area contributed by atoms with Crippen molar-refractivity contribution in [2.75, 3.05) is 26.4 Å². The highest BCUT2D eigenvalue weighted by Crippen LogP contribution is 2.39. The molecule has 5 nitrogen and oxygen atoms in total. The van der Waals surface area contributed by atoms with E-state index in [-0.39, 0.29) is 6.04 Å². The maximum atomic E-state index is 12.8. The van der Waals surface area contributed by atoms with Gasteiger partial charge in [0.05, 0.1) is 6.04 Å². The number of piperidine rings is 1. The van der Waals surface area contributed by atoms with Gasteiger partial charge in [0.2, 0.25) is 12.7 Å². The predicted molar refractivity (Wildman–Crippen MR) is 91.1 cm³/mol. The highest BCUT2D eigenvalue weighted by atomic mass is 16.7. The number of likely N-dealkylation sites (tertiary alicyclic amines) is 1. The van der Waals surface area contributed by atoms with Gasteiger partial charge in [-0.05, 0) is 68.8 Å². The molecule has 2 saturated heterocycles. The average Bonchev–Trinajstić information content (AvgIpc) is 3.28. The predicted octanol–water partition coefficient (Wildman–Crippen LogP) is 2.86. The van der Waals surface area contributed by atoms with E-state index < -0.39 is 0 Å². The number of rotatable bonds is 4. The van der Waals surface area contributed by atoms with Gasteiger partial charge in [-0.2, -0.15) is 0 Å². The minimum Gasteiger partial charge on any atom is -0.454 e. The molecule has 1 atom stereocenters. The van der Waals surface area contributed by atoms with Crippen LogP contribution in [0.2, 0.25) is 0 Å². The van der Waals surface area contributed by atoms with E-state index in [0.717, 1.165) is 50.4 Å². The van der Waals surface area contributed by atoms with Crippen molar-refractivity contribution < 1.29 is 14.3 Å². The van der Waals surface area contributed by atoms with Gasteiger partial charge in [-0.25, -0.2) is 0 Å². The Labute approximate surface area is 143 Å². The van der Waals surface area contributed by atoms with Crippen LogP contribution in [0, 0.1) is 5.92 Å². The molecule has 3 aliphatic heterocycles. The van der Waals surface area contributed by atoms with Crippen LogP contribution in [0.4, 0.5) is 0 Å². The Bertz CT molecular complexity index is 598. The molecule has 3 aliphatic rings. The maximum absolute atomic E-state index is 12.8. The first kappa shape index (κ1) is 15.8. The number of hydrogen-bond acceptors (Lipinski definition) is 4. The van der Waals surface area contributed by atoms with Crippen LogP contribution in [0.15, 0.2) is 18.2 Å². The molecule has 0 saturated carbocycles. The number of ether oxygens (including phenoxy) is 2. The molecule has 4 rings (SSSR count). The summed E-state index contributed by atoms with van der Waals surface area (Å²) < 4.78 is 10.9. The number of nitrogens with zero attached hydrogens (tertiary/aromatic N) is 1. The lowest BCUT2D eigenvalue weighted by Crippen LogP contribution is -2.32. The van der Waals surface area contributed by atoms with E-state index in [1.165, 1.54) is 18.4 Å². The van der Waals surface area contributed by atoms with Crippen LogP contribution >= 0.6 is 0 Å². The molecule has 0 spiro atoms. The first-order valence-electron chi connectivity index (χ1n) is 9.21. The Hall–Kier alpha value is -1.75. The second-order valence-corrected chi connectivity index (χ2v) is 7.09. The van der Waals surface area contributed by atoms with Crippen LogP contribution in [0.1, 0.15) is 50.1 Å². The Morgan fingerprint density at radius 1 is 1.17 bits per heavy atom. The van der Waals surface area contributed by atoms with Crippen molar-refractivity contribution >= 4 is 5.91 Å². The Morgan fingerprint density at radius 2 is 2.00 bits per heavy atom. The van der Waals surface area contributed by atoms with Crippen molar-refractivity contribution in [3.05, 3.63) is 23.8 Å². The molecule has 5 heteroatoms. The zero-order valence-electron chi connectivity index (χ0n) is 14.1. The smallest absolute Gasteiger partial charge is 0.231 e. The van der Waals surface area contributed by atoms with Gasteiger partial charge in [0.25, 0.3) is 0 Å². The minimum absolute atomic E-state index is 0.194. The van der Waals surface area contributed by atoms with E-state index in [0.29, 0.717) is 25.0 Å². The first-order chi connectivity index (χ1) is 11.8. The van der Waals surface area contributed by atoms with Crippen LogP contribution in [0.3, 0.4) is 0 Å². The summed E-state index contributed by atoms with van der Waals surface area (Å²) in [6.07, 6.45) is 6.26. The summed E-state index contributed by atoms with van der Waals surface area (Å²) in [4.78, 5) is 14.8. The number of hydrogen-bond donors (Lipinski definition) is 1. The zero-order chi connectivity index (χ0) is 16.4. The summed E-state index contributed by atoms with van der Waals surface area (Å²) in [6.45, 7) is 3.37. The van der Waals surface area contributed by atoms with Gasteiger partial charge in [-0.15, -0.1) is 0 Å². The molecule has 0 radical (unpaired) electrons. The number of carbonyl (C=O) groups is 1. The lowest BCUT2D eigenvalue weighted by molar-refractivity contribution is -0.132. The van der Waals surface area contributed by atoms with Crippen molar-refractivity contribution in [1.82, 2.24) is 10.2 Å². The van der Waals surface area contributed by atoms with E-state index >= 15 is 0 Å². The number of nitrogens with one attached hydrogen (secondary N) is 1. The zero-order valence-corrected chi connectivity index (χ0v) is 14.1. The monoisotopic (exact) mass is 330 g/mol. The summed E-state index contributed by atoms with van der Waals surface area (Å²) >= 11 is 0. The van der Waals surface area contributed by atoms with Crippen molar-refractivity contribution in [3.63, 3.8) is 0 Å². The third-order valence-corrected chi connectivity index (χ3v) is 5.58. The normalized spacial score (nSPS) is 23.7. The molecule has 2 fully saturated rings. The Balaban J connectivity index is 1.39. The lowest BCUT2D eigenvalue weighted by atomic mass is 9.93. The standard InChI is InChI=1S/C19H26N2O3/c22-19(6-3-14-7-9-20-10-8-14)21-11-1-2-16(21)15-4-5-17-18(12-15)24-13-23-17/h4-5,12,14,16,20H,1-3,6-11,13H2. The molecule has 1 aromatic carbocycles. The molecule has 1 amide bonds. The van der Waals surface area contributed by atoms with E-state index in [4.69, 9.17) is 9.47 Å². The van der Waals surface area contributed by atoms with Crippen molar-refractivity contribution in [3.8, 4) is 11.5 Å². The fraction of sp³-hybridized carbons (Fsp3) is 0.632. The second-order valence-electron chi connectivity index (χ2n) is 7.09. The largest absolute Gasteiger partial charge is 0.454 e. The highest BCUT2D eigenvalue weighted by Gasteiger charge is 2.31. The SMILES string of the molecule is O=C(CCC1CCNCC1)N1CCCC1c1ccc2c(c1)OCO2. The van der Waals surface area contributed by atoms with Gasteiger partial charge < -0.3 is 19.7 Å². The molecule has 1 unspecified atom stereocenters. The number of amides is 1. The summed E-state index contributed by atoms with van der Waals surface area (Å²) in [5, 5.41) is 3.39. The van der Waals surface area contributed by atoms with Crippen LogP contribution in [0.25, 0.3) is 0 Å². The first-order valence-corrected chi connectivity index (χ1v) is 9.21. The fourth-order valence-corrected chi connectivity index (χ4v) is 4.17. The van der Waals surface area contributed by atoms with Crippen LogP contribution in [-0.2, 0) is 4.79 Å². The third kappa shape index (κ3) is 3.22. The number of benzene rings is 1. The number of fused-ring (bicyclic) bond motifs is 1. The van der Waals surface area contributed by atoms with Crippen LogP contribution in [-0.4, -0.2) is 37.2 Å². The maximum Gasteiger partial charge on any atom is 0.231 e. The summed E-state index contributed by atoms with van der Waals surface area (Å²) in [6, 6.07) is 6.29. The molecule has 0 bridgehead atoms. The Kier molecular flexibility index (Phi) is 4.60. The molecular weight excluding hydrogens is 304 g/mol. The van der Waals surface area contributed by atoms with E-state index in [9.17, 15) is 4.79 Å². The molecule has 1 aromatic rings. The van der Waals surface area contributed by atoms with Gasteiger partial charge in [0, 0.05) is 13.0 Å². The molecule has 24 heavy (non-hydrogen) atoms. The van der Waals surface area contributed by atoms with Gasteiger partial charge in [-0.3, -0.25) is 4.79 Å². The van der Waals surface area contributed by atoms with Gasteiger partial charge >= 0.3 is 0 Å². The van der Waals surface area contributed by atoms with Crippen LogP contribution in [0.5, 0.6) is 11.5 Å². The van der Waals surface area contributed by atoms with Crippen LogP contribution < -0.4 is 14.8 Å². The molecule has 0 aromatic heterocycles. The van der Waals surface area contributed by atoms with Gasteiger partial charge in [0.15, 0.2) is 11.5 Å². The summed E-state index contributed by atoms with van der Waals surface area (Å²) in [5.74, 6) is 2.64. The number of carbonyl (C=O) groups excluding carboxylic acids is 1.